The van der Waals surface area contributed by atoms with Gasteiger partial charge in [0.05, 0.1) is 5.57 Å². The van der Waals surface area contributed by atoms with Crippen LogP contribution in [0.25, 0.3) is 0 Å². The van der Waals surface area contributed by atoms with E-state index in [1.807, 2.05) is 6.92 Å². The first-order valence-electron chi connectivity index (χ1n) is 6.13. The smallest absolute Gasteiger partial charge is 0.249 e. The SMILES string of the molecule is C=C(/C=N\C(=C/C)Oc1ccc(CC)cc1F)C(N)=O. The molecular weight excluding hydrogens is 259 g/mol. The zero-order valence-electron chi connectivity index (χ0n) is 11.5. The minimum atomic E-state index is -0.678. The highest BCUT2D eigenvalue weighted by Crippen LogP contribution is 2.21. The summed E-state index contributed by atoms with van der Waals surface area (Å²) in [7, 11) is 0. The Balaban J connectivity index is 2.85. The monoisotopic (exact) mass is 276 g/mol. The Kier molecular flexibility index (Phi) is 5.65. The molecule has 0 saturated heterocycles. The van der Waals surface area contributed by atoms with Crippen LogP contribution in [0, 0.1) is 5.82 Å². The summed E-state index contributed by atoms with van der Waals surface area (Å²) in [5.41, 5.74) is 5.94. The molecule has 0 atom stereocenters. The average molecular weight is 276 g/mol. The van der Waals surface area contributed by atoms with Crippen LogP contribution < -0.4 is 10.5 Å². The lowest BCUT2D eigenvalue weighted by atomic mass is 10.1. The van der Waals surface area contributed by atoms with E-state index < -0.39 is 11.7 Å². The van der Waals surface area contributed by atoms with Crippen molar-refractivity contribution in [2.24, 2.45) is 10.7 Å². The number of halogens is 1. The van der Waals surface area contributed by atoms with Crippen LogP contribution in [-0.2, 0) is 11.2 Å². The Morgan fingerprint density at radius 3 is 2.75 bits per heavy atom. The minimum absolute atomic E-state index is 0.0368. The van der Waals surface area contributed by atoms with Crippen molar-refractivity contribution in [1.82, 2.24) is 0 Å². The van der Waals surface area contributed by atoms with Gasteiger partial charge in [-0.05, 0) is 37.1 Å². The van der Waals surface area contributed by atoms with Crippen molar-refractivity contribution in [2.75, 3.05) is 0 Å². The van der Waals surface area contributed by atoms with E-state index >= 15 is 0 Å². The molecule has 0 aliphatic heterocycles. The molecule has 0 spiro atoms. The summed E-state index contributed by atoms with van der Waals surface area (Å²) in [6, 6.07) is 4.72. The lowest BCUT2D eigenvalue weighted by Gasteiger charge is -2.07. The van der Waals surface area contributed by atoms with E-state index in [1.54, 1.807) is 13.0 Å². The van der Waals surface area contributed by atoms with E-state index in [1.165, 1.54) is 24.4 Å². The molecule has 0 fully saturated rings. The van der Waals surface area contributed by atoms with Crippen molar-refractivity contribution >= 4 is 12.1 Å². The van der Waals surface area contributed by atoms with Gasteiger partial charge in [0, 0.05) is 6.21 Å². The first-order chi connectivity index (χ1) is 9.47. The van der Waals surface area contributed by atoms with Crippen LogP contribution >= 0.6 is 0 Å². The number of allylic oxidation sites excluding steroid dienone is 1. The molecule has 0 radical (unpaired) electrons. The van der Waals surface area contributed by atoms with E-state index in [4.69, 9.17) is 10.5 Å². The van der Waals surface area contributed by atoms with Crippen LogP contribution in [0.15, 0.2) is 47.3 Å². The molecule has 4 nitrogen and oxygen atoms in total. The van der Waals surface area contributed by atoms with Gasteiger partial charge in [0.15, 0.2) is 11.6 Å². The fourth-order valence-corrected chi connectivity index (χ4v) is 1.32. The quantitative estimate of drug-likeness (QED) is 0.493. The first kappa shape index (κ1) is 15.6. The van der Waals surface area contributed by atoms with Gasteiger partial charge in [-0.1, -0.05) is 19.6 Å². The van der Waals surface area contributed by atoms with Crippen LogP contribution in [0.1, 0.15) is 19.4 Å². The zero-order chi connectivity index (χ0) is 15.1. The molecule has 0 aromatic heterocycles. The molecule has 0 heterocycles. The molecule has 5 heteroatoms. The van der Waals surface area contributed by atoms with Crippen molar-refractivity contribution in [3.8, 4) is 5.75 Å². The second kappa shape index (κ2) is 7.23. The van der Waals surface area contributed by atoms with E-state index in [9.17, 15) is 9.18 Å². The molecule has 106 valence electrons. The normalized spacial score (nSPS) is 11.7. The van der Waals surface area contributed by atoms with Crippen molar-refractivity contribution in [3.63, 3.8) is 0 Å². The highest BCUT2D eigenvalue weighted by atomic mass is 19.1. The first-order valence-corrected chi connectivity index (χ1v) is 6.13. The summed E-state index contributed by atoms with van der Waals surface area (Å²) < 4.78 is 19.1. The summed E-state index contributed by atoms with van der Waals surface area (Å²) in [6.45, 7) is 7.04. The van der Waals surface area contributed by atoms with Gasteiger partial charge >= 0.3 is 0 Å². The molecule has 20 heavy (non-hydrogen) atoms. The second-order valence-electron chi connectivity index (χ2n) is 3.99. The number of aliphatic imine (C=N–C) groups is 1. The summed E-state index contributed by atoms with van der Waals surface area (Å²) in [4.78, 5) is 14.7. The van der Waals surface area contributed by atoms with Crippen LogP contribution in [0.5, 0.6) is 5.75 Å². The van der Waals surface area contributed by atoms with Gasteiger partial charge in [0.1, 0.15) is 0 Å². The Hall–Kier alpha value is -2.43. The zero-order valence-corrected chi connectivity index (χ0v) is 11.5. The van der Waals surface area contributed by atoms with Gasteiger partial charge in [-0.25, -0.2) is 9.38 Å². The van der Waals surface area contributed by atoms with E-state index in [0.29, 0.717) is 0 Å². The molecule has 0 aliphatic carbocycles. The Labute approximate surface area is 117 Å². The van der Waals surface area contributed by atoms with E-state index in [2.05, 4.69) is 11.6 Å². The number of primary amides is 1. The van der Waals surface area contributed by atoms with Crippen LogP contribution in [-0.4, -0.2) is 12.1 Å². The number of hydrogen-bond donors (Lipinski definition) is 1. The summed E-state index contributed by atoms with van der Waals surface area (Å²) in [5, 5.41) is 0. The van der Waals surface area contributed by atoms with Crippen LogP contribution in [0.4, 0.5) is 4.39 Å². The third-order valence-corrected chi connectivity index (χ3v) is 2.53. The number of rotatable bonds is 6. The van der Waals surface area contributed by atoms with Gasteiger partial charge in [-0.15, -0.1) is 0 Å². The molecular formula is C15H17FN2O2. The summed E-state index contributed by atoms with van der Waals surface area (Å²) in [6.07, 6.45) is 3.46. The van der Waals surface area contributed by atoms with Gasteiger partial charge in [0.2, 0.25) is 11.8 Å². The fourth-order valence-electron chi connectivity index (χ4n) is 1.32. The molecule has 1 rings (SSSR count). The van der Waals surface area contributed by atoms with Gasteiger partial charge in [-0.3, -0.25) is 4.79 Å². The topological polar surface area (TPSA) is 64.7 Å². The molecule has 2 N–H and O–H groups in total. The number of nitrogens with two attached hydrogens (primary N) is 1. The fraction of sp³-hybridized carbons (Fsp3) is 0.200. The number of carbonyl (C=O) groups excluding carboxylic acids is 1. The van der Waals surface area contributed by atoms with Gasteiger partial charge in [0.25, 0.3) is 0 Å². The van der Waals surface area contributed by atoms with Crippen molar-refractivity contribution in [1.29, 1.82) is 0 Å². The lowest BCUT2D eigenvalue weighted by molar-refractivity contribution is -0.114. The summed E-state index contributed by atoms with van der Waals surface area (Å²) >= 11 is 0. The highest BCUT2D eigenvalue weighted by Gasteiger charge is 2.06. The van der Waals surface area contributed by atoms with Crippen molar-refractivity contribution < 1.29 is 13.9 Å². The molecule has 0 aliphatic rings. The van der Waals surface area contributed by atoms with E-state index in [0.717, 1.165) is 12.0 Å². The lowest BCUT2D eigenvalue weighted by Crippen LogP contribution is -2.13. The number of carbonyl (C=O) groups is 1. The molecule has 1 aromatic rings. The van der Waals surface area contributed by atoms with Gasteiger partial charge in [-0.2, -0.15) is 0 Å². The molecule has 1 aromatic carbocycles. The maximum Gasteiger partial charge on any atom is 0.249 e. The maximum absolute atomic E-state index is 13.8. The Morgan fingerprint density at radius 2 is 2.25 bits per heavy atom. The van der Waals surface area contributed by atoms with Crippen LogP contribution in [0.3, 0.4) is 0 Å². The largest absolute Gasteiger partial charge is 0.436 e. The Morgan fingerprint density at radius 1 is 1.55 bits per heavy atom. The third-order valence-electron chi connectivity index (χ3n) is 2.53. The minimum Gasteiger partial charge on any atom is -0.436 e. The summed E-state index contributed by atoms with van der Waals surface area (Å²) in [5.74, 6) is -0.928. The molecule has 0 saturated carbocycles. The number of ether oxygens (including phenoxy) is 1. The highest BCUT2D eigenvalue weighted by molar-refractivity contribution is 6.10. The Bertz CT molecular complexity index is 577. The van der Waals surface area contributed by atoms with Crippen molar-refractivity contribution in [3.05, 3.63) is 53.7 Å². The number of benzene rings is 1. The number of amides is 1. The molecule has 0 bridgehead atoms. The standard InChI is InChI=1S/C15H17FN2O2/c1-4-11-6-7-13(12(16)8-11)20-14(5-2)18-9-10(3)15(17)19/h5-9H,3-4H2,1-2H3,(H2,17,19)/b14-5+,18-9-. The second-order valence-corrected chi connectivity index (χ2v) is 3.99. The maximum atomic E-state index is 13.8. The predicted octanol–water partition coefficient (Wildman–Crippen LogP) is 2.74. The van der Waals surface area contributed by atoms with Crippen molar-refractivity contribution in [2.45, 2.75) is 20.3 Å². The van der Waals surface area contributed by atoms with Gasteiger partial charge < -0.3 is 10.5 Å². The molecule has 1 amide bonds. The number of aryl methyl sites for hydroxylation is 1. The molecule has 0 unspecified atom stereocenters. The average Bonchev–Trinajstić information content (AvgIpc) is 2.44. The predicted molar refractivity (Wildman–Crippen MR) is 77.0 cm³/mol. The number of hydrogen-bond acceptors (Lipinski definition) is 3. The van der Waals surface area contributed by atoms with Crippen LogP contribution in [0.2, 0.25) is 0 Å². The van der Waals surface area contributed by atoms with E-state index in [-0.39, 0.29) is 17.2 Å². The third kappa shape index (κ3) is 4.35. The number of nitrogens with zero attached hydrogens (tertiary/aromatic N) is 1.